The van der Waals surface area contributed by atoms with Crippen molar-refractivity contribution in [3.8, 4) is 0 Å². The molecular weight excluding hydrogens is 270 g/mol. The molecule has 0 radical (unpaired) electrons. The molecular formula is C14H21N5O2. The highest BCUT2D eigenvalue weighted by Crippen LogP contribution is 2.26. The summed E-state index contributed by atoms with van der Waals surface area (Å²) in [5.74, 6) is 1.49. The monoisotopic (exact) mass is 291 g/mol. The van der Waals surface area contributed by atoms with Gasteiger partial charge in [0.2, 0.25) is 11.8 Å². The Kier molecular flexibility index (Phi) is 4.40. The van der Waals surface area contributed by atoms with E-state index in [2.05, 4.69) is 20.6 Å². The fourth-order valence-corrected chi connectivity index (χ4v) is 2.30. The van der Waals surface area contributed by atoms with Crippen LogP contribution in [0.25, 0.3) is 0 Å². The molecule has 2 heterocycles. The first-order chi connectivity index (χ1) is 9.97. The van der Waals surface area contributed by atoms with Crippen molar-refractivity contribution in [2.24, 2.45) is 0 Å². The molecule has 0 spiro atoms. The number of amides is 2. The number of anilines is 2. The van der Waals surface area contributed by atoms with E-state index in [1.165, 1.54) is 0 Å². The number of nitrogens with one attached hydrogen (secondary N) is 2. The van der Waals surface area contributed by atoms with Crippen molar-refractivity contribution >= 4 is 23.5 Å². The van der Waals surface area contributed by atoms with E-state index in [1.807, 2.05) is 20.8 Å². The minimum Gasteiger partial charge on any atom is -0.370 e. The second-order valence-electron chi connectivity index (χ2n) is 5.04. The summed E-state index contributed by atoms with van der Waals surface area (Å²) in [6, 6.07) is -0.435. The third-order valence-corrected chi connectivity index (χ3v) is 3.52. The molecule has 7 heteroatoms. The van der Waals surface area contributed by atoms with Gasteiger partial charge in [0, 0.05) is 18.5 Å². The minimum absolute atomic E-state index is 0.124. The van der Waals surface area contributed by atoms with Crippen LogP contribution in [-0.4, -0.2) is 40.9 Å². The predicted molar refractivity (Wildman–Crippen MR) is 80.3 cm³/mol. The van der Waals surface area contributed by atoms with Crippen molar-refractivity contribution in [2.75, 3.05) is 23.3 Å². The highest BCUT2D eigenvalue weighted by atomic mass is 16.2. The molecule has 1 aromatic heterocycles. The number of hydrogen-bond donors (Lipinski definition) is 2. The summed E-state index contributed by atoms with van der Waals surface area (Å²) in [4.78, 5) is 34.2. The number of rotatable bonds is 4. The molecule has 2 N–H and O–H groups in total. The molecule has 0 saturated carbocycles. The van der Waals surface area contributed by atoms with Gasteiger partial charge in [0.1, 0.15) is 23.5 Å². The van der Waals surface area contributed by atoms with E-state index >= 15 is 0 Å². The predicted octanol–water partition coefficient (Wildman–Crippen LogP) is 0.631. The Morgan fingerprint density at radius 2 is 2.05 bits per heavy atom. The zero-order valence-corrected chi connectivity index (χ0v) is 12.9. The Morgan fingerprint density at radius 3 is 2.67 bits per heavy atom. The van der Waals surface area contributed by atoms with Crippen LogP contribution in [0.1, 0.15) is 32.2 Å². The van der Waals surface area contributed by atoms with Crippen LogP contribution in [0.5, 0.6) is 0 Å². The van der Waals surface area contributed by atoms with E-state index in [1.54, 1.807) is 11.8 Å². The van der Waals surface area contributed by atoms with Crippen LogP contribution < -0.4 is 15.5 Å². The van der Waals surface area contributed by atoms with Gasteiger partial charge in [-0.25, -0.2) is 9.97 Å². The topological polar surface area (TPSA) is 87.2 Å². The first kappa shape index (κ1) is 15.2. The van der Waals surface area contributed by atoms with Crippen molar-refractivity contribution in [2.45, 2.75) is 40.2 Å². The van der Waals surface area contributed by atoms with E-state index in [9.17, 15) is 9.59 Å². The summed E-state index contributed by atoms with van der Waals surface area (Å²) < 4.78 is 0. The molecule has 21 heavy (non-hydrogen) atoms. The summed E-state index contributed by atoms with van der Waals surface area (Å²) in [6.07, 6.45) is 0.689. The van der Waals surface area contributed by atoms with Crippen LogP contribution in [0, 0.1) is 6.92 Å². The third-order valence-electron chi connectivity index (χ3n) is 3.52. The Bertz CT molecular complexity index is 573. The first-order valence-electron chi connectivity index (χ1n) is 7.19. The Hall–Kier alpha value is -2.18. The van der Waals surface area contributed by atoms with Crippen molar-refractivity contribution in [3.63, 3.8) is 0 Å². The Balaban J connectivity index is 2.48. The molecule has 1 aliphatic rings. The highest BCUT2D eigenvalue weighted by Gasteiger charge is 2.32. The number of imide groups is 1. The van der Waals surface area contributed by atoms with Crippen molar-refractivity contribution in [1.82, 2.24) is 15.3 Å². The average Bonchev–Trinajstić information content (AvgIpc) is 2.45. The normalized spacial score (nSPS) is 18.7. The molecule has 2 amide bonds. The smallest absolute Gasteiger partial charge is 0.249 e. The van der Waals surface area contributed by atoms with E-state index in [0.29, 0.717) is 18.1 Å². The van der Waals surface area contributed by atoms with Crippen LogP contribution in [0.3, 0.4) is 0 Å². The van der Waals surface area contributed by atoms with Gasteiger partial charge in [0.25, 0.3) is 0 Å². The maximum absolute atomic E-state index is 11.8. The lowest BCUT2D eigenvalue weighted by Gasteiger charge is -2.34. The number of piperazine rings is 1. The largest absolute Gasteiger partial charge is 0.370 e. The molecule has 1 fully saturated rings. The second kappa shape index (κ2) is 6.07. The molecule has 2 rings (SSSR count). The van der Waals surface area contributed by atoms with Gasteiger partial charge in [0.05, 0.1) is 6.54 Å². The zero-order valence-electron chi connectivity index (χ0n) is 12.9. The maximum atomic E-state index is 11.8. The SMILES string of the molecule is CCNc1nc(CC)nc(N2CC(=O)NC(=O)C2C)c1C. The number of aromatic nitrogens is 2. The standard InChI is InChI=1S/C14H21N5O2/c1-5-10-16-12(15-6-2)8(3)13(17-10)19-7-11(20)18-14(21)9(19)4/h9H,5-7H2,1-4H3,(H,15,16,17)(H,18,20,21). The quantitative estimate of drug-likeness (QED) is 0.791. The van der Waals surface area contributed by atoms with Gasteiger partial charge in [-0.3, -0.25) is 14.9 Å². The fraction of sp³-hybridized carbons (Fsp3) is 0.571. The molecule has 7 nitrogen and oxygen atoms in total. The van der Waals surface area contributed by atoms with Gasteiger partial charge in [-0.1, -0.05) is 6.92 Å². The number of carbonyl (C=O) groups excluding carboxylic acids is 2. The molecule has 114 valence electrons. The molecule has 1 saturated heterocycles. The molecule has 1 unspecified atom stereocenters. The van der Waals surface area contributed by atoms with Gasteiger partial charge in [0.15, 0.2) is 0 Å². The maximum Gasteiger partial charge on any atom is 0.249 e. The number of carbonyl (C=O) groups is 2. The summed E-state index contributed by atoms with van der Waals surface area (Å²) in [5, 5.41) is 5.54. The lowest BCUT2D eigenvalue weighted by Crippen LogP contribution is -2.57. The first-order valence-corrected chi connectivity index (χ1v) is 7.19. The highest BCUT2D eigenvalue weighted by molar-refractivity contribution is 6.04. The Labute approximate surface area is 124 Å². The van der Waals surface area contributed by atoms with Crippen molar-refractivity contribution in [3.05, 3.63) is 11.4 Å². The summed E-state index contributed by atoms with van der Waals surface area (Å²) in [6.45, 7) is 8.50. The van der Waals surface area contributed by atoms with Crippen LogP contribution in [0.15, 0.2) is 0 Å². The minimum atomic E-state index is -0.435. The van der Waals surface area contributed by atoms with E-state index in [4.69, 9.17) is 0 Å². The molecule has 1 atom stereocenters. The summed E-state index contributed by atoms with van der Waals surface area (Å²) in [5.41, 5.74) is 0.850. The summed E-state index contributed by atoms with van der Waals surface area (Å²) in [7, 11) is 0. The van der Waals surface area contributed by atoms with E-state index in [-0.39, 0.29) is 18.4 Å². The Morgan fingerprint density at radius 1 is 1.33 bits per heavy atom. The third kappa shape index (κ3) is 2.96. The van der Waals surface area contributed by atoms with Gasteiger partial charge in [-0.05, 0) is 20.8 Å². The number of nitrogens with zero attached hydrogens (tertiary/aromatic N) is 3. The van der Waals surface area contributed by atoms with Crippen LogP contribution in [0.2, 0.25) is 0 Å². The van der Waals surface area contributed by atoms with E-state index in [0.717, 1.165) is 17.9 Å². The number of aryl methyl sites for hydroxylation is 1. The lowest BCUT2D eigenvalue weighted by molar-refractivity contribution is -0.132. The van der Waals surface area contributed by atoms with E-state index < -0.39 is 6.04 Å². The van der Waals surface area contributed by atoms with Crippen LogP contribution >= 0.6 is 0 Å². The molecule has 0 bridgehead atoms. The van der Waals surface area contributed by atoms with Gasteiger partial charge in [-0.15, -0.1) is 0 Å². The second-order valence-corrected chi connectivity index (χ2v) is 5.04. The van der Waals surface area contributed by atoms with Gasteiger partial charge >= 0.3 is 0 Å². The van der Waals surface area contributed by atoms with Crippen molar-refractivity contribution in [1.29, 1.82) is 0 Å². The fourth-order valence-electron chi connectivity index (χ4n) is 2.30. The number of hydrogen-bond acceptors (Lipinski definition) is 6. The lowest BCUT2D eigenvalue weighted by atomic mass is 10.1. The van der Waals surface area contributed by atoms with Crippen LogP contribution in [0.4, 0.5) is 11.6 Å². The molecule has 0 aromatic carbocycles. The van der Waals surface area contributed by atoms with Crippen molar-refractivity contribution < 1.29 is 9.59 Å². The molecule has 0 aliphatic carbocycles. The van der Waals surface area contributed by atoms with Gasteiger partial charge < -0.3 is 10.2 Å². The van der Waals surface area contributed by atoms with Crippen LogP contribution in [-0.2, 0) is 16.0 Å². The van der Waals surface area contributed by atoms with Gasteiger partial charge in [-0.2, -0.15) is 0 Å². The average molecular weight is 291 g/mol. The zero-order chi connectivity index (χ0) is 15.6. The molecule has 1 aromatic rings. The molecule has 1 aliphatic heterocycles. The summed E-state index contributed by atoms with van der Waals surface area (Å²) >= 11 is 0.